The standard InChI is InChI=1S/C24H33N5O3/c1-3-32-24(31)21-11-6-7-12-29(21)17-22-25-20-10-5-4-9-19(20)23(26-22)28-14-8-13-27(15-16-28)18(2)30/h4-5,9-10,21H,3,6-8,11-17H2,1-2H3. The molecule has 0 aliphatic carbocycles. The fourth-order valence-electron chi connectivity index (χ4n) is 4.73. The molecule has 0 bridgehead atoms. The first-order valence-corrected chi connectivity index (χ1v) is 11.7. The Morgan fingerprint density at radius 2 is 1.88 bits per heavy atom. The van der Waals surface area contributed by atoms with Crippen LogP contribution in [0, 0.1) is 0 Å². The average molecular weight is 440 g/mol. The Bertz CT molecular complexity index is 966. The normalized spacial score (nSPS) is 20.2. The number of hydrogen-bond donors (Lipinski definition) is 0. The molecule has 2 saturated heterocycles. The monoisotopic (exact) mass is 439 g/mol. The number of piperidine rings is 1. The van der Waals surface area contributed by atoms with Gasteiger partial charge in [0.15, 0.2) is 0 Å². The zero-order chi connectivity index (χ0) is 22.5. The molecule has 3 heterocycles. The quantitative estimate of drug-likeness (QED) is 0.663. The van der Waals surface area contributed by atoms with Crippen LogP contribution in [-0.2, 0) is 20.9 Å². The number of hydrogen-bond acceptors (Lipinski definition) is 7. The number of rotatable bonds is 5. The van der Waals surface area contributed by atoms with E-state index in [1.165, 1.54) is 0 Å². The van der Waals surface area contributed by atoms with Crippen molar-refractivity contribution in [3.05, 3.63) is 30.1 Å². The van der Waals surface area contributed by atoms with Gasteiger partial charge in [0.25, 0.3) is 0 Å². The molecule has 2 aromatic rings. The molecule has 1 atom stereocenters. The predicted molar refractivity (Wildman–Crippen MR) is 123 cm³/mol. The number of esters is 1. The van der Waals surface area contributed by atoms with Gasteiger partial charge in [0.1, 0.15) is 17.7 Å². The number of aromatic nitrogens is 2. The second kappa shape index (κ2) is 10.3. The zero-order valence-corrected chi connectivity index (χ0v) is 19.1. The average Bonchev–Trinajstić information content (AvgIpc) is 3.05. The molecule has 1 aromatic heterocycles. The number of ether oxygens (including phenoxy) is 1. The summed E-state index contributed by atoms with van der Waals surface area (Å²) in [6.07, 6.45) is 3.81. The minimum Gasteiger partial charge on any atom is -0.465 e. The first kappa shape index (κ1) is 22.5. The molecule has 2 fully saturated rings. The zero-order valence-electron chi connectivity index (χ0n) is 19.1. The van der Waals surface area contributed by atoms with Gasteiger partial charge in [0.05, 0.1) is 18.7 Å². The van der Waals surface area contributed by atoms with Gasteiger partial charge in [-0.05, 0) is 44.9 Å². The lowest BCUT2D eigenvalue weighted by Crippen LogP contribution is -2.45. The van der Waals surface area contributed by atoms with Crippen molar-refractivity contribution in [2.45, 2.75) is 52.1 Å². The number of anilines is 1. The van der Waals surface area contributed by atoms with Crippen LogP contribution in [0.25, 0.3) is 10.9 Å². The summed E-state index contributed by atoms with van der Waals surface area (Å²) in [5.41, 5.74) is 0.907. The van der Waals surface area contributed by atoms with Crippen molar-refractivity contribution in [1.82, 2.24) is 19.8 Å². The smallest absolute Gasteiger partial charge is 0.323 e. The van der Waals surface area contributed by atoms with E-state index in [-0.39, 0.29) is 17.9 Å². The van der Waals surface area contributed by atoms with Crippen LogP contribution >= 0.6 is 0 Å². The number of carbonyl (C=O) groups is 2. The summed E-state index contributed by atoms with van der Waals surface area (Å²) >= 11 is 0. The Labute approximate surface area is 189 Å². The first-order valence-electron chi connectivity index (χ1n) is 11.7. The Balaban J connectivity index is 1.62. The van der Waals surface area contributed by atoms with Gasteiger partial charge in [-0.3, -0.25) is 14.5 Å². The molecular weight excluding hydrogens is 406 g/mol. The minimum absolute atomic E-state index is 0.121. The van der Waals surface area contributed by atoms with E-state index in [1.54, 1.807) is 6.92 Å². The van der Waals surface area contributed by atoms with Crippen LogP contribution in [0.5, 0.6) is 0 Å². The highest BCUT2D eigenvalue weighted by Crippen LogP contribution is 2.27. The Hall–Kier alpha value is -2.74. The topological polar surface area (TPSA) is 78.9 Å². The van der Waals surface area contributed by atoms with E-state index in [1.807, 2.05) is 30.0 Å². The van der Waals surface area contributed by atoms with E-state index in [9.17, 15) is 9.59 Å². The third-order valence-electron chi connectivity index (χ3n) is 6.39. The number of amides is 1. The molecule has 8 heteroatoms. The molecule has 1 unspecified atom stereocenters. The fraction of sp³-hybridized carbons (Fsp3) is 0.583. The van der Waals surface area contributed by atoms with E-state index >= 15 is 0 Å². The van der Waals surface area contributed by atoms with Crippen LogP contribution in [0.4, 0.5) is 5.82 Å². The summed E-state index contributed by atoms with van der Waals surface area (Å²) < 4.78 is 5.32. The number of para-hydroxylation sites is 1. The number of fused-ring (bicyclic) bond motifs is 1. The van der Waals surface area contributed by atoms with Crippen molar-refractivity contribution in [3.8, 4) is 0 Å². The van der Waals surface area contributed by atoms with E-state index in [0.717, 1.165) is 74.4 Å². The third-order valence-corrected chi connectivity index (χ3v) is 6.39. The molecule has 0 spiro atoms. The Morgan fingerprint density at radius 1 is 1.03 bits per heavy atom. The maximum atomic E-state index is 12.5. The van der Waals surface area contributed by atoms with Gasteiger partial charge in [-0.1, -0.05) is 18.6 Å². The first-order chi connectivity index (χ1) is 15.6. The van der Waals surface area contributed by atoms with Gasteiger partial charge in [0, 0.05) is 38.5 Å². The largest absolute Gasteiger partial charge is 0.465 e. The second-order valence-electron chi connectivity index (χ2n) is 8.56. The van der Waals surface area contributed by atoms with Gasteiger partial charge < -0.3 is 14.5 Å². The summed E-state index contributed by atoms with van der Waals surface area (Å²) in [5.74, 6) is 1.61. The third kappa shape index (κ3) is 5.01. The minimum atomic E-state index is -0.232. The van der Waals surface area contributed by atoms with E-state index in [4.69, 9.17) is 14.7 Å². The number of likely N-dealkylation sites (tertiary alicyclic amines) is 1. The molecule has 2 aliphatic heterocycles. The molecule has 2 aliphatic rings. The van der Waals surface area contributed by atoms with Gasteiger partial charge in [0.2, 0.25) is 5.91 Å². The molecule has 0 N–H and O–H groups in total. The van der Waals surface area contributed by atoms with Crippen molar-refractivity contribution in [3.63, 3.8) is 0 Å². The van der Waals surface area contributed by atoms with E-state index in [0.29, 0.717) is 19.7 Å². The SMILES string of the molecule is CCOC(=O)C1CCCCN1Cc1nc(N2CCCN(C(C)=O)CC2)c2ccccc2n1. The maximum absolute atomic E-state index is 12.5. The highest BCUT2D eigenvalue weighted by molar-refractivity contribution is 5.89. The molecule has 4 rings (SSSR count). The van der Waals surface area contributed by atoms with Crippen LogP contribution < -0.4 is 4.90 Å². The van der Waals surface area contributed by atoms with Crippen molar-refractivity contribution in [2.24, 2.45) is 0 Å². The summed E-state index contributed by atoms with van der Waals surface area (Å²) in [4.78, 5) is 40.5. The Kier molecular flexibility index (Phi) is 7.19. The number of nitrogens with zero attached hydrogens (tertiary/aromatic N) is 5. The molecule has 1 amide bonds. The lowest BCUT2D eigenvalue weighted by Gasteiger charge is -2.33. The molecule has 32 heavy (non-hydrogen) atoms. The molecule has 1 aromatic carbocycles. The summed E-state index contributed by atoms with van der Waals surface area (Å²) in [5, 5.41) is 1.02. The molecule has 8 nitrogen and oxygen atoms in total. The molecule has 0 radical (unpaired) electrons. The highest BCUT2D eigenvalue weighted by Gasteiger charge is 2.31. The lowest BCUT2D eigenvalue weighted by molar-refractivity contribution is -0.151. The summed E-state index contributed by atoms with van der Waals surface area (Å²) in [6, 6.07) is 7.85. The van der Waals surface area contributed by atoms with Crippen LogP contribution in [0.1, 0.15) is 45.4 Å². The van der Waals surface area contributed by atoms with Gasteiger partial charge >= 0.3 is 5.97 Å². The van der Waals surface area contributed by atoms with Crippen molar-refractivity contribution < 1.29 is 14.3 Å². The molecular formula is C24H33N5O3. The van der Waals surface area contributed by atoms with Gasteiger partial charge in [-0.15, -0.1) is 0 Å². The van der Waals surface area contributed by atoms with E-state index in [2.05, 4.69) is 15.9 Å². The van der Waals surface area contributed by atoms with Crippen LogP contribution in [-0.4, -0.2) is 77.0 Å². The Morgan fingerprint density at radius 3 is 2.69 bits per heavy atom. The summed E-state index contributed by atoms with van der Waals surface area (Å²) in [7, 11) is 0. The highest BCUT2D eigenvalue weighted by atomic mass is 16.5. The second-order valence-corrected chi connectivity index (χ2v) is 8.56. The van der Waals surface area contributed by atoms with Crippen molar-refractivity contribution in [1.29, 1.82) is 0 Å². The predicted octanol–water partition coefficient (Wildman–Crippen LogP) is 2.61. The maximum Gasteiger partial charge on any atom is 0.323 e. The number of carbonyl (C=O) groups excluding carboxylic acids is 2. The lowest BCUT2D eigenvalue weighted by atomic mass is 10.0. The van der Waals surface area contributed by atoms with Crippen molar-refractivity contribution >= 4 is 28.6 Å². The molecule has 0 saturated carbocycles. The van der Waals surface area contributed by atoms with Crippen LogP contribution in [0.2, 0.25) is 0 Å². The van der Waals surface area contributed by atoms with Crippen LogP contribution in [0.3, 0.4) is 0 Å². The number of benzene rings is 1. The van der Waals surface area contributed by atoms with E-state index < -0.39 is 0 Å². The fourth-order valence-corrected chi connectivity index (χ4v) is 4.73. The summed E-state index contributed by atoms with van der Waals surface area (Å²) in [6.45, 7) is 8.29. The van der Waals surface area contributed by atoms with Crippen LogP contribution in [0.15, 0.2) is 24.3 Å². The van der Waals surface area contributed by atoms with Gasteiger partial charge in [-0.25, -0.2) is 9.97 Å². The van der Waals surface area contributed by atoms with Crippen molar-refractivity contribution in [2.75, 3.05) is 44.2 Å². The molecule has 172 valence electrons. The van der Waals surface area contributed by atoms with Gasteiger partial charge in [-0.2, -0.15) is 0 Å².